The summed E-state index contributed by atoms with van der Waals surface area (Å²) >= 11 is 0. The first-order valence-corrected chi connectivity index (χ1v) is 9.60. The van der Waals surface area contributed by atoms with E-state index in [0.717, 1.165) is 28.3 Å². The zero-order chi connectivity index (χ0) is 21.2. The Kier molecular flexibility index (Phi) is 7.44. The number of ether oxygens (including phenoxy) is 2. The monoisotopic (exact) mass is 403 g/mol. The van der Waals surface area contributed by atoms with E-state index in [2.05, 4.69) is 47.0 Å². The van der Waals surface area contributed by atoms with Crippen LogP contribution < -0.4 is 20.2 Å². The third-order valence-electron chi connectivity index (χ3n) is 4.33. The fourth-order valence-electron chi connectivity index (χ4n) is 2.63. The predicted molar refractivity (Wildman–Crippen MR) is 119 cm³/mol. The molecule has 0 radical (unpaired) electrons. The van der Waals surface area contributed by atoms with Gasteiger partial charge in [0.25, 0.3) is 5.91 Å². The number of hydrogen-bond acceptors (Lipinski definition) is 5. The molecule has 0 aliphatic carbocycles. The molecule has 30 heavy (non-hydrogen) atoms. The highest BCUT2D eigenvalue weighted by molar-refractivity contribution is 5.84. The number of anilines is 1. The summed E-state index contributed by atoms with van der Waals surface area (Å²) in [6, 6.07) is 23.1. The van der Waals surface area contributed by atoms with Gasteiger partial charge in [-0.3, -0.25) is 4.79 Å². The van der Waals surface area contributed by atoms with E-state index in [0.29, 0.717) is 6.61 Å². The number of rotatable bonds is 9. The molecule has 0 fully saturated rings. The largest absolute Gasteiger partial charge is 0.497 e. The first-order valence-electron chi connectivity index (χ1n) is 9.60. The van der Waals surface area contributed by atoms with E-state index in [1.165, 1.54) is 5.56 Å². The Morgan fingerprint density at radius 1 is 1.00 bits per heavy atom. The minimum absolute atomic E-state index is 0.107. The van der Waals surface area contributed by atoms with Gasteiger partial charge in [0.2, 0.25) is 0 Å². The molecule has 0 saturated carbocycles. The fourth-order valence-corrected chi connectivity index (χ4v) is 2.63. The molecule has 0 heterocycles. The minimum Gasteiger partial charge on any atom is -0.497 e. The van der Waals surface area contributed by atoms with E-state index in [9.17, 15) is 4.79 Å². The number of amides is 1. The summed E-state index contributed by atoms with van der Waals surface area (Å²) in [6.45, 7) is 2.69. The van der Waals surface area contributed by atoms with Crippen molar-refractivity contribution in [3.05, 3.63) is 89.5 Å². The van der Waals surface area contributed by atoms with Crippen molar-refractivity contribution in [3.63, 3.8) is 0 Å². The third kappa shape index (κ3) is 6.67. The van der Waals surface area contributed by atoms with Gasteiger partial charge in [0, 0.05) is 11.8 Å². The summed E-state index contributed by atoms with van der Waals surface area (Å²) in [5, 5.41) is 7.01. The van der Waals surface area contributed by atoms with Gasteiger partial charge in [0.15, 0.2) is 0 Å². The fraction of sp³-hybridized carbons (Fsp3) is 0.167. The van der Waals surface area contributed by atoms with Gasteiger partial charge >= 0.3 is 0 Å². The number of hydrazone groups is 1. The van der Waals surface area contributed by atoms with Crippen LogP contribution >= 0.6 is 0 Å². The number of hydrogen-bond donors (Lipinski definition) is 2. The van der Waals surface area contributed by atoms with Crippen molar-refractivity contribution in [3.8, 4) is 11.5 Å². The van der Waals surface area contributed by atoms with Crippen molar-refractivity contribution >= 4 is 17.8 Å². The molecule has 2 N–H and O–H groups in total. The standard InChI is InChI=1S/C24H25N3O3/c1-18-6-8-20(9-7-18)17-30-22-12-10-19(11-13-22)15-26-27-24(28)16-25-21-4-3-5-23(14-21)29-2/h3-15,25H,16-17H2,1-2H3,(H,27,28)/b26-15-. The first-order chi connectivity index (χ1) is 14.6. The van der Waals surface area contributed by atoms with E-state index < -0.39 is 0 Å². The number of nitrogens with zero attached hydrogens (tertiary/aromatic N) is 1. The number of aryl methyl sites for hydroxylation is 1. The van der Waals surface area contributed by atoms with Crippen LogP contribution in [0, 0.1) is 6.92 Å². The Labute approximate surface area is 176 Å². The molecule has 6 heteroatoms. The second-order valence-electron chi connectivity index (χ2n) is 6.72. The minimum atomic E-state index is -0.243. The van der Waals surface area contributed by atoms with Crippen LogP contribution in [0.25, 0.3) is 0 Å². The quantitative estimate of drug-likeness (QED) is 0.416. The van der Waals surface area contributed by atoms with Gasteiger partial charge in [-0.25, -0.2) is 5.43 Å². The van der Waals surface area contributed by atoms with Crippen LogP contribution in [0.4, 0.5) is 5.69 Å². The SMILES string of the molecule is COc1cccc(NCC(=O)N/N=C\c2ccc(OCc3ccc(C)cc3)cc2)c1. The number of benzene rings is 3. The van der Waals surface area contributed by atoms with Gasteiger partial charge in [0.05, 0.1) is 19.9 Å². The van der Waals surface area contributed by atoms with Crippen LogP contribution in [-0.2, 0) is 11.4 Å². The Morgan fingerprint density at radius 2 is 1.77 bits per heavy atom. The maximum atomic E-state index is 11.9. The van der Waals surface area contributed by atoms with Crippen LogP contribution in [0.5, 0.6) is 11.5 Å². The van der Waals surface area contributed by atoms with Crippen molar-refractivity contribution in [2.45, 2.75) is 13.5 Å². The maximum Gasteiger partial charge on any atom is 0.259 e. The summed E-state index contributed by atoms with van der Waals surface area (Å²) in [6.07, 6.45) is 1.59. The second kappa shape index (κ2) is 10.7. The molecule has 0 unspecified atom stereocenters. The van der Waals surface area contributed by atoms with Crippen molar-refractivity contribution in [1.82, 2.24) is 5.43 Å². The Bertz CT molecular complexity index is 983. The molecule has 0 aliphatic heterocycles. The van der Waals surface area contributed by atoms with Crippen LogP contribution in [0.2, 0.25) is 0 Å². The molecule has 0 aromatic heterocycles. The molecule has 3 aromatic carbocycles. The Balaban J connectivity index is 1.41. The van der Waals surface area contributed by atoms with Gasteiger partial charge in [-0.15, -0.1) is 0 Å². The van der Waals surface area contributed by atoms with Gasteiger partial charge < -0.3 is 14.8 Å². The van der Waals surface area contributed by atoms with Crippen LogP contribution in [-0.4, -0.2) is 25.8 Å². The average Bonchev–Trinajstić information content (AvgIpc) is 2.78. The smallest absolute Gasteiger partial charge is 0.259 e. The molecule has 0 atom stereocenters. The molecule has 0 aliphatic rings. The topological polar surface area (TPSA) is 72.0 Å². The summed E-state index contributed by atoms with van der Waals surface area (Å²) in [4.78, 5) is 11.9. The van der Waals surface area contributed by atoms with E-state index >= 15 is 0 Å². The highest BCUT2D eigenvalue weighted by Crippen LogP contribution is 2.16. The number of methoxy groups -OCH3 is 1. The van der Waals surface area contributed by atoms with Crippen molar-refractivity contribution in [1.29, 1.82) is 0 Å². The molecule has 6 nitrogen and oxygen atoms in total. The Morgan fingerprint density at radius 3 is 2.50 bits per heavy atom. The summed E-state index contributed by atoms with van der Waals surface area (Å²) in [5.74, 6) is 1.26. The molecule has 154 valence electrons. The maximum absolute atomic E-state index is 11.9. The van der Waals surface area contributed by atoms with E-state index in [1.807, 2.05) is 48.5 Å². The average molecular weight is 403 g/mol. The van der Waals surface area contributed by atoms with Crippen molar-refractivity contribution < 1.29 is 14.3 Å². The third-order valence-corrected chi connectivity index (χ3v) is 4.33. The van der Waals surface area contributed by atoms with E-state index in [1.54, 1.807) is 13.3 Å². The lowest BCUT2D eigenvalue weighted by Crippen LogP contribution is -2.25. The van der Waals surface area contributed by atoms with Crippen molar-refractivity contribution in [2.75, 3.05) is 19.0 Å². The van der Waals surface area contributed by atoms with Gasteiger partial charge in [-0.05, 0) is 54.4 Å². The van der Waals surface area contributed by atoms with E-state index in [-0.39, 0.29) is 12.5 Å². The molecule has 3 aromatic rings. The highest BCUT2D eigenvalue weighted by atomic mass is 16.5. The predicted octanol–water partition coefficient (Wildman–Crippen LogP) is 4.14. The Hall–Kier alpha value is -3.80. The van der Waals surface area contributed by atoms with Crippen molar-refractivity contribution in [2.24, 2.45) is 5.10 Å². The lowest BCUT2D eigenvalue weighted by molar-refractivity contribution is -0.119. The molecule has 1 amide bonds. The van der Waals surface area contributed by atoms with Crippen LogP contribution in [0.15, 0.2) is 77.9 Å². The number of carbonyl (C=O) groups is 1. The van der Waals surface area contributed by atoms with Gasteiger partial charge in [0.1, 0.15) is 18.1 Å². The number of nitrogens with one attached hydrogen (secondary N) is 2. The molecular formula is C24H25N3O3. The van der Waals surface area contributed by atoms with Crippen LogP contribution in [0.3, 0.4) is 0 Å². The summed E-state index contributed by atoms with van der Waals surface area (Å²) < 4.78 is 10.9. The second-order valence-corrected chi connectivity index (χ2v) is 6.72. The molecule has 0 spiro atoms. The molecule has 0 bridgehead atoms. The van der Waals surface area contributed by atoms with Gasteiger partial charge in [-0.2, -0.15) is 5.10 Å². The highest BCUT2D eigenvalue weighted by Gasteiger charge is 2.01. The molecule has 0 saturated heterocycles. The van der Waals surface area contributed by atoms with Crippen LogP contribution in [0.1, 0.15) is 16.7 Å². The molecule has 3 rings (SSSR count). The number of carbonyl (C=O) groups excluding carboxylic acids is 1. The normalized spacial score (nSPS) is 10.6. The zero-order valence-electron chi connectivity index (χ0n) is 17.1. The zero-order valence-corrected chi connectivity index (χ0v) is 17.1. The first kappa shape index (κ1) is 20.9. The van der Waals surface area contributed by atoms with Gasteiger partial charge in [-0.1, -0.05) is 35.9 Å². The molecular weight excluding hydrogens is 378 g/mol. The van der Waals surface area contributed by atoms with E-state index in [4.69, 9.17) is 9.47 Å². The lowest BCUT2D eigenvalue weighted by Gasteiger charge is -2.07. The summed E-state index contributed by atoms with van der Waals surface area (Å²) in [7, 11) is 1.60. The summed E-state index contributed by atoms with van der Waals surface area (Å²) in [5.41, 5.74) is 6.51. The lowest BCUT2D eigenvalue weighted by atomic mass is 10.2.